The fourth-order valence-electron chi connectivity index (χ4n) is 2.47. The van der Waals surface area contributed by atoms with Crippen LogP contribution < -0.4 is 5.32 Å². The van der Waals surface area contributed by atoms with Crippen molar-refractivity contribution in [3.8, 4) is 5.69 Å². The molecule has 2 aromatic carbocycles. The highest BCUT2D eigenvalue weighted by atomic mass is 79.9. The number of hydrogen-bond acceptors (Lipinski definition) is 3. The van der Waals surface area contributed by atoms with E-state index in [0.717, 1.165) is 27.0 Å². The Bertz CT molecular complexity index is 886. The molecule has 3 rings (SSSR count). The zero-order valence-corrected chi connectivity index (χ0v) is 15.4. The molecule has 0 spiro atoms. The molecule has 0 saturated heterocycles. The first-order chi connectivity index (χ1) is 11.5. The van der Waals surface area contributed by atoms with Gasteiger partial charge in [0.25, 0.3) is 5.91 Å². The summed E-state index contributed by atoms with van der Waals surface area (Å²) in [4.78, 5) is 12.6. The number of aromatic nitrogens is 3. The van der Waals surface area contributed by atoms with Crippen LogP contribution in [-0.2, 0) is 0 Å². The maximum atomic E-state index is 12.6. The molecule has 0 aliphatic rings. The molecular weight excluding hydrogens is 392 g/mol. The van der Waals surface area contributed by atoms with E-state index in [-0.39, 0.29) is 5.91 Å². The Morgan fingerprint density at radius 3 is 2.38 bits per heavy atom. The van der Waals surface area contributed by atoms with Gasteiger partial charge in [0.2, 0.25) is 0 Å². The number of rotatable bonds is 3. The lowest BCUT2D eigenvalue weighted by atomic mass is 10.1. The summed E-state index contributed by atoms with van der Waals surface area (Å²) in [7, 11) is 0. The van der Waals surface area contributed by atoms with E-state index in [4.69, 9.17) is 11.6 Å². The largest absolute Gasteiger partial charge is 0.321 e. The van der Waals surface area contributed by atoms with Crippen molar-refractivity contribution in [3.63, 3.8) is 0 Å². The highest BCUT2D eigenvalue weighted by Gasteiger charge is 2.14. The van der Waals surface area contributed by atoms with Gasteiger partial charge in [0.15, 0.2) is 0 Å². The third-order valence-corrected chi connectivity index (χ3v) is 4.47. The average Bonchev–Trinajstić information content (AvgIpc) is 3.07. The molecule has 24 heavy (non-hydrogen) atoms. The van der Waals surface area contributed by atoms with E-state index in [0.29, 0.717) is 10.6 Å². The second kappa shape index (κ2) is 6.75. The second-order valence-electron chi connectivity index (χ2n) is 5.40. The van der Waals surface area contributed by atoms with Gasteiger partial charge in [-0.1, -0.05) is 27.5 Å². The van der Waals surface area contributed by atoms with Crippen molar-refractivity contribution in [2.24, 2.45) is 0 Å². The minimum Gasteiger partial charge on any atom is -0.321 e. The number of nitrogens with zero attached hydrogens (tertiary/aromatic N) is 3. The molecule has 1 N–H and O–H groups in total. The lowest BCUT2D eigenvalue weighted by Gasteiger charge is -2.15. The van der Waals surface area contributed by atoms with Gasteiger partial charge in [-0.05, 0) is 55.3 Å². The SMILES string of the molecule is Cc1cc(-n2cnnc2)cc(C)c1NC(=O)c1cc(Br)ccc1Cl. The van der Waals surface area contributed by atoms with Gasteiger partial charge in [-0.3, -0.25) is 9.36 Å². The Kier molecular flexibility index (Phi) is 4.69. The molecule has 1 amide bonds. The third-order valence-electron chi connectivity index (χ3n) is 3.65. The number of anilines is 1. The number of halogens is 2. The van der Waals surface area contributed by atoms with Gasteiger partial charge in [0.1, 0.15) is 12.7 Å². The molecule has 1 heterocycles. The Hall–Kier alpha value is -2.18. The van der Waals surface area contributed by atoms with Crippen molar-refractivity contribution in [2.45, 2.75) is 13.8 Å². The number of amides is 1. The first kappa shape index (κ1) is 16.7. The summed E-state index contributed by atoms with van der Waals surface area (Å²) in [6, 6.07) is 9.12. The maximum Gasteiger partial charge on any atom is 0.257 e. The quantitative estimate of drug-likeness (QED) is 0.695. The minimum absolute atomic E-state index is 0.246. The minimum atomic E-state index is -0.246. The van der Waals surface area contributed by atoms with E-state index < -0.39 is 0 Å². The molecule has 0 unspecified atom stereocenters. The van der Waals surface area contributed by atoms with Gasteiger partial charge >= 0.3 is 0 Å². The van der Waals surface area contributed by atoms with Crippen LogP contribution in [0.3, 0.4) is 0 Å². The van der Waals surface area contributed by atoms with E-state index in [1.54, 1.807) is 30.9 Å². The highest BCUT2D eigenvalue weighted by molar-refractivity contribution is 9.10. The van der Waals surface area contributed by atoms with Crippen LogP contribution in [0.25, 0.3) is 5.69 Å². The lowest BCUT2D eigenvalue weighted by Crippen LogP contribution is -2.14. The molecule has 0 radical (unpaired) electrons. The smallest absolute Gasteiger partial charge is 0.257 e. The Balaban J connectivity index is 1.93. The van der Waals surface area contributed by atoms with Crippen LogP contribution in [0.4, 0.5) is 5.69 Å². The summed E-state index contributed by atoms with van der Waals surface area (Å²) in [5, 5.41) is 11.0. The van der Waals surface area contributed by atoms with Gasteiger partial charge in [-0.25, -0.2) is 0 Å². The Morgan fingerprint density at radius 1 is 1.12 bits per heavy atom. The molecule has 0 aliphatic carbocycles. The zero-order valence-electron chi connectivity index (χ0n) is 13.0. The molecular formula is C17H14BrClN4O. The topological polar surface area (TPSA) is 59.8 Å². The lowest BCUT2D eigenvalue weighted by molar-refractivity contribution is 0.102. The van der Waals surface area contributed by atoms with Gasteiger partial charge < -0.3 is 5.32 Å². The van der Waals surface area contributed by atoms with Crippen LogP contribution in [0, 0.1) is 13.8 Å². The second-order valence-corrected chi connectivity index (χ2v) is 6.72. The fraction of sp³-hybridized carbons (Fsp3) is 0.118. The summed E-state index contributed by atoms with van der Waals surface area (Å²) in [5.74, 6) is -0.246. The number of benzene rings is 2. The molecule has 122 valence electrons. The number of hydrogen-bond donors (Lipinski definition) is 1. The van der Waals surface area contributed by atoms with Crippen molar-refractivity contribution in [3.05, 3.63) is 69.2 Å². The average molecular weight is 406 g/mol. The van der Waals surface area contributed by atoms with Crippen molar-refractivity contribution >= 4 is 39.1 Å². The van der Waals surface area contributed by atoms with Crippen LogP contribution >= 0.6 is 27.5 Å². The van der Waals surface area contributed by atoms with Crippen molar-refractivity contribution in [1.82, 2.24) is 14.8 Å². The van der Waals surface area contributed by atoms with Crippen LogP contribution in [0.2, 0.25) is 5.02 Å². The van der Waals surface area contributed by atoms with E-state index in [2.05, 4.69) is 31.4 Å². The van der Waals surface area contributed by atoms with Gasteiger partial charge in [0, 0.05) is 15.8 Å². The molecule has 0 saturated carbocycles. The third kappa shape index (κ3) is 3.34. The number of carbonyl (C=O) groups is 1. The predicted molar refractivity (Wildman–Crippen MR) is 97.9 cm³/mol. The molecule has 0 aliphatic heterocycles. The van der Waals surface area contributed by atoms with E-state index in [1.807, 2.05) is 30.5 Å². The van der Waals surface area contributed by atoms with Crippen LogP contribution in [0.1, 0.15) is 21.5 Å². The summed E-state index contributed by atoms with van der Waals surface area (Å²) < 4.78 is 2.62. The molecule has 5 nitrogen and oxygen atoms in total. The Morgan fingerprint density at radius 2 is 1.75 bits per heavy atom. The monoisotopic (exact) mass is 404 g/mol. The van der Waals surface area contributed by atoms with E-state index >= 15 is 0 Å². The van der Waals surface area contributed by atoms with Crippen molar-refractivity contribution in [1.29, 1.82) is 0 Å². The van der Waals surface area contributed by atoms with Crippen LogP contribution in [0.5, 0.6) is 0 Å². The van der Waals surface area contributed by atoms with E-state index in [1.165, 1.54) is 0 Å². The molecule has 1 aromatic heterocycles. The fourth-order valence-corrected chi connectivity index (χ4v) is 3.04. The summed E-state index contributed by atoms with van der Waals surface area (Å²) in [6.07, 6.45) is 3.27. The van der Waals surface area contributed by atoms with Gasteiger partial charge in [-0.15, -0.1) is 10.2 Å². The van der Waals surface area contributed by atoms with Crippen LogP contribution in [-0.4, -0.2) is 20.7 Å². The van der Waals surface area contributed by atoms with Crippen molar-refractivity contribution < 1.29 is 4.79 Å². The summed E-state index contributed by atoms with van der Waals surface area (Å²) >= 11 is 9.49. The molecule has 0 fully saturated rings. The maximum absolute atomic E-state index is 12.6. The molecule has 7 heteroatoms. The number of nitrogens with one attached hydrogen (secondary N) is 1. The predicted octanol–water partition coefficient (Wildman–Crippen LogP) is 4.55. The van der Waals surface area contributed by atoms with Gasteiger partial charge in [0.05, 0.1) is 10.6 Å². The summed E-state index contributed by atoms with van der Waals surface area (Å²) in [5.41, 5.74) is 4.02. The highest BCUT2D eigenvalue weighted by Crippen LogP contribution is 2.27. The first-order valence-corrected chi connectivity index (χ1v) is 8.35. The number of carbonyl (C=O) groups excluding carboxylic acids is 1. The number of aryl methyl sites for hydroxylation is 2. The normalized spacial score (nSPS) is 10.7. The molecule has 3 aromatic rings. The standard InChI is InChI=1S/C17H14BrClN4O/c1-10-5-13(23-8-20-21-9-23)6-11(2)16(10)22-17(24)14-7-12(18)3-4-15(14)19/h3-9H,1-2H3,(H,22,24). The molecule has 0 bridgehead atoms. The van der Waals surface area contributed by atoms with Gasteiger partial charge in [-0.2, -0.15) is 0 Å². The first-order valence-electron chi connectivity index (χ1n) is 7.18. The zero-order chi connectivity index (χ0) is 17.3. The molecule has 0 atom stereocenters. The summed E-state index contributed by atoms with van der Waals surface area (Å²) in [6.45, 7) is 3.89. The Labute approximate surface area is 152 Å². The van der Waals surface area contributed by atoms with E-state index in [9.17, 15) is 4.79 Å². The van der Waals surface area contributed by atoms with Crippen LogP contribution in [0.15, 0.2) is 47.5 Å². The van der Waals surface area contributed by atoms with Crippen molar-refractivity contribution in [2.75, 3.05) is 5.32 Å².